The second kappa shape index (κ2) is 5.43. The minimum atomic E-state index is 0.192. The van der Waals surface area contributed by atoms with Crippen LogP contribution in [-0.4, -0.2) is 23.5 Å². The van der Waals surface area contributed by atoms with E-state index in [0.717, 1.165) is 23.4 Å². The Labute approximate surface area is 120 Å². The van der Waals surface area contributed by atoms with Crippen molar-refractivity contribution in [2.75, 3.05) is 6.54 Å². The van der Waals surface area contributed by atoms with Gasteiger partial charge in [-0.05, 0) is 49.3 Å². The molecule has 0 aromatic heterocycles. The predicted octanol–water partition coefficient (Wildman–Crippen LogP) is 3.60. The van der Waals surface area contributed by atoms with E-state index in [1.807, 2.05) is 12.1 Å². The molecule has 2 aliphatic rings. The number of hydrogen-bond acceptors (Lipinski definition) is 2. The van der Waals surface area contributed by atoms with E-state index in [1.54, 1.807) is 0 Å². The first-order valence-electron chi connectivity index (χ1n) is 7.45. The molecule has 4 atom stereocenters. The Morgan fingerprint density at radius 1 is 1.42 bits per heavy atom. The van der Waals surface area contributed by atoms with Gasteiger partial charge in [-0.3, -0.25) is 4.90 Å². The maximum Gasteiger partial charge on any atom is 0.0502 e. The van der Waals surface area contributed by atoms with Gasteiger partial charge < -0.3 is 5.73 Å². The molecule has 0 amide bonds. The Balaban J connectivity index is 1.89. The monoisotopic (exact) mass is 278 g/mol. The van der Waals surface area contributed by atoms with Gasteiger partial charge in [0.15, 0.2) is 0 Å². The topological polar surface area (TPSA) is 29.3 Å². The van der Waals surface area contributed by atoms with Gasteiger partial charge >= 0.3 is 0 Å². The minimum Gasteiger partial charge on any atom is -0.326 e. The van der Waals surface area contributed by atoms with Crippen molar-refractivity contribution in [3.63, 3.8) is 0 Å². The molecule has 0 spiro atoms. The SMILES string of the molecule is CCC(N)C(c1cccc(Cl)c1)N1CC2CCC1C2. The summed E-state index contributed by atoms with van der Waals surface area (Å²) in [5.74, 6) is 0.899. The molecule has 1 aromatic carbocycles. The number of rotatable bonds is 4. The molecule has 2 N–H and O–H groups in total. The van der Waals surface area contributed by atoms with Gasteiger partial charge in [0.2, 0.25) is 0 Å². The van der Waals surface area contributed by atoms with Crippen LogP contribution in [0.2, 0.25) is 5.02 Å². The highest BCUT2D eigenvalue weighted by Gasteiger charge is 2.42. The van der Waals surface area contributed by atoms with Crippen LogP contribution in [-0.2, 0) is 0 Å². The Bertz CT molecular complexity index is 448. The number of benzene rings is 1. The molecule has 2 fully saturated rings. The number of halogens is 1. The first-order valence-corrected chi connectivity index (χ1v) is 7.83. The highest BCUT2D eigenvalue weighted by atomic mass is 35.5. The van der Waals surface area contributed by atoms with Crippen LogP contribution in [0.15, 0.2) is 24.3 Å². The van der Waals surface area contributed by atoms with Crippen molar-refractivity contribution in [2.45, 2.75) is 50.7 Å². The van der Waals surface area contributed by atoms with E-state index in [9.17, 15) is 0 Å². The summed E-state index contributed by atoms with van der Waals surface area (Å²) >= 11 is 6.16. The molecule has 2 nitrogen and oxygen atoms in total. The van der Waals surface area contributed by atoms with E-state index >= 15 is 0 Å². The lowest BCUT2D eigenvalue weighted by Gasteiger charge is -2.38. The van der Waals surface area contributed by atoms with E-state index in [2.05, 4.69) is 24.0 Å². The lowest BCUT2D eigenvalue weighted by Crippen LogP contribution is -2.44. The maximum atomic E-state index is 6.43. The van der Waals surface area contributed by atoms with Gasteiger partial charge in [-0.25, -0.2) is 0 Å². The average molecular weight is 279 g/mol. The molecule has 1 aliphatic heterocycles. The number of hydrogen-bond donors (Lipinski definition) is 1. The standard InChI is InChI=1S/C16H23ClN2/c1-2-15(18)16(12-4-3-5-13(17)9-12)19-10-11-6-7-14(19)8-11/h3-5,9,11,14-16H,2,6-8,10,18H2,1H3. The van der Waals surface area contributed by atoms with Gasteiger partial charge in [0.1, 0.15) is 0 Å². The number of piperidine rings is 1. The molecule has 104 valence electrons. The third kappa shape index (κ3) is 2.54. The Morgan fingerprint density at radius 2 is 2.26 bits per heavy atom. The van der Waals surface area contributed by atoms with Crippen LogP contribution in [0.1, 0.15) is 44.2 Å². The van der Waals surface area contributed by atoms with E-state index in [-0.39, 0.29) is 6.04 Å². The van der Waals surface area contributed by atoms with Crippen molar-refractivity contribution >= 4 is 11.6 Å². The largest absolute Gasteiger partial charge is 0.326 e. The Kier molecular flexibility index (Phi) is 3.84. The number of likely N-dealkylation sites (tertiary alicyclic amines) is 1. The van der Waals surface area contributed by atoms with Crippen molar-refractivity contribution in [2.24, 2.45) is 11.7 Å². The normalized spacial score (nSPS) is 29.6. The van der Waals surface area contributed by atoms with Crippen molar-refractivity contribution < 1.29 is 0 Å². The molecule has 1 aromatic rings. The smallest absolute Gasteiger partial charge is 0.0502 e. The summed E-state index contributed by atoms with van der Waals surface area (Å²) in [5, 5.41) is 0.815. The highest BCUT2D eigenvalue weighted by molar-refractivity contribution is 6.30. The molecule has 2 bridgehead atoms. The fourth-order valence-corrected chi connectivity index (χ4v) is 4.10. The first kappa shape index (κ1) is 13.4. The van der Waals surface area contributed by atoms with Gasteiger partial charge in [-0.15, -0.1) is 0 Å². The van der Waals surface area contributed by atoms with Crippen LogP contribution in [0.25, 0.3) is 0 Å². The van der Waals surface area contributed by atoms with Crippen molar-refractivity contribution in [3.8, 4) is 0 Å². The molecule has 0 radical (unpaired) electrons. The zero-order chi connectivity index (χ0) is 13.4. The van der Waals surface area contributed by atoms with Crippen LogP contribution in [0.5, 0.6) is 0 Å². The van der Waals surface area contributed by atoms with Crippen LogP contribution in [0.3, 0.4) is 0 Å². The molecule has 3 rings (SSSR count). The summed E-state index contributed by atoms with van der Waals surface area (Å²) in [7, 11) is 0. The average Bonchev–Trinajstić information content (AvgIpc) is 3.01. The van der Waals surface area contributed by atoms with Crippen molar-refractivity contribution in [1.29, 1.82) is 0 Å². The van der Waals surface area contributed by atoms with Gasteiger partial charge in [0.05, 0.1) is 6.04 Å². The first-order chi connectivity index (χ1) is 9.19. The summed E-state index contributed by atoms with van der Waals surface area (Å²) < 4.78 is 0. The number of nitrogens with zero attached hydrogens (tertiary/aromatic N) is 1. The van der Waals surface area contributed by atoms with Gasteiger partial charge in [0, 0.05) is 23.7 Å². The molecule has 3 heteroatoms. The fourth-order valence-electron chi connectivity index (χ4n) is 3.90. The molecule has 19 heavy (non-hydrogen) atoms. The molecule has 1 saturated heterocycles. The second-order valence-corrected chi connectivity index (χ2v) is 6.54. The maximum absolute atomic E-state index is 6.43. The van der Waals surface area contributed by atoms with Crippen LogP contribution < -0.4 is 5.73 Å². The molecular formula is C16H23ClN2. The van der Waals surface area contributed by atoms with Gasteiger partial charge in [-0.1, -0.05) is 30.7 Å². The zero-order valence-electron chi connectivity index (χ0n) is 11.6. The van der Waals surface area contributed by atoms with Gasteiger partial charge in [-0.2, -0.15) is 0 Å². The van der Waals surface area contributed by atoms with Crippen LogP contribution in [0.4, 0.5) is 0 Å². The van der Waals surface area contributed by atoms with Crippen molar-refractivity contribution in [1.82, 2.24) is 4.90 Å². The number of fused-ring (bicyclic) bond motifs is 2. The third-order valence-electron chi connectivity index (χ3n) is 4.88. The summed E-state index contributed by atoms with van der Waals surface area (Å²) in [6.45, 7) is 3.39. The lowest BCUT2D eigenvalue weighted by atomic mass is 9.94. The van der Waals surface area contributed by atoms with E-state index < -0.39 is 0 Å². The predicted molar refractivity (Wildman–Crippen MR) is 80.3 cm³/mol. The fraction of sp³-hybridized carbons (Fsp3) is 0.625. The van der Waals surface area contributed by atoms with Crippen LogP contribution in [0, 0.1) is 5.92 Å². The minimum absolute atomic E-state index is 0.192. The summed E-state index contributed by atoms with van der Waals surface area (Å²) in [6, 6.07) is 9.52. The quantitative estimate of drug-likeness (QED) is 0.912. The third-order valence-corrected chi connectivity index (χ3v) is 5.11. The number of nitrogens with two attached hydrogens (primary N) is 1. The second-order valence-electron chi connectivity index (χ2n) is 6.10. The van der Waals surface area contributed by atoms with E-state index in [4.69, 9.17) is 17.3 Å². The Morgan fingerprint density at radius 3 is 2.84 bits per heavy atom. The van der Waals surface area contributed by atoms with Crippen molar-refractivity contribution in [3.05, 3.63) is 34.9 Å². The van der Waals surface area contributed by atoms with E-state index in [1.165, 1.54) is 31.4 Å². The lowest BCUT2D eigenvalue weighted by molar-refractivity contribution is 0.127. The van der Waals surface area contributed by atoms with Crippen LogP contribution >= 0.6 is 11.6 Å². The zero-order valence-corrected chi connectivity index (χ0v) is 12.3. The molecule has 4 unspecified atom stereocenters. The Hall–Kier alpha value is -0.570. The summed E-state index contributed by atoms with van der Waals surface area (Å²) in [4.78, 5) is 2.65. The molecule has 1 aliphatic carbocycles. The van der Waals surface area contributed by atoms with Gasteiger partial charge in [0.25, 0.3) is 0 Å². The molecule has 1 heterocycles. The van der Waals surface area contributed by atoms with E-state index in [0.29, 0.717) is 6.04 Å². The highest BCUT2D eigenvalue weighted by Crippen LogP contribution is 2.43. The summed E-state index contributed by atoms with van der Waals surface area (Å²) in [5.41, 5.74) is 7.71. The molecular weight excluding hydrogens is 256 g/mol. The summed E-state index contributed by atoms with van der Waals surface area (Å²) in [6.07, 6.45) is 5.13. The molecule has 1 saturated carbocycles.